The summed E-state index contributed by atoms with van der Waals surface area (Å²) >= 11 is 1.48. The first-order valence-electron chi connectivity index (χ1n) is 9.19. The van der Waals surface area contributed by atoms with Gasteiger partial charge in [-0.05, 0) is 48.7 Å². The molecule has 0 bridgehead atoms. The highest BCUT2D eigenvalue weighted by molar-refractivity contribution is 7.13. The predicted molar refractivity (Wildman–Crippen MR) is 110 cm³/mol. The van der Waals surface area contributed by atoms with Crippen molar-refractivity contribution < 1.29 is 9.53 Å². The first-order valence-corrected chi connectivity index (χ1v) is 10.1. The number of hydrogen-bond donors (Lipinski definition) is 1. The van der Waals surface area contributed by atoms with E-state index in [1.165, 1.54) is 22.5 Å². The maximum absolute atomic E-state index is 12.7. The Morgan fingerprint density at radius 3 is 2.96 bits per heavy atom. The molecule has 1 aliphatic heterocycles. The summed E-state index contributed by atoms with van der Waals surface area (Å²) in [7, 11) is 1.67. The Balaban J connectivity index is 1.38. The molecule has 0 radical (unpaired) electrons. The number of aromatic nitrogens is 2. The Bertz CT molecular complexity index is 1000. The van der Waals surface area contributed by atoms with Crippen LogP contribution in [0, 0.1) is 6.92 Å². The predicted octanol–water partition coefficient (Wildman–Crippen LogP) is 3.73. The molecule has 0 fully saturated rings. The van der Waals surface area contributed by atoms with Crippen LogP contribution in [0.1, 0.15) is 22.5 Å². The van der Waals surface area contributed by atoms with Crippen LogP contribution in [-0.4, -0.2) is 34.4 Å². The fourth-order valence-electron chi connectivity index (χ4n) is 3.30. The van der Waals surface area contributed by atoms with Crippen molar-refractivity contribution >= 4 is 28.2 Å². The van der Waals surface area contributed by atoms with Crippen LogP contribution < -0.4 is 10.1 Å². The molecule has 1 N–H and O–H groups in total. The number of carbonyl (C=O) groups is 1. The molecule has 0 aliphatic carbocycles. The highest BCUT2D eigenvalue weighted by Crippen LogP contribution is 2.25. The van der Waals surface area contributed by atoms with Gasteiger partial charge in [-0.3, -0.25) is 4.79 Å². The first-order chi connectivity index (χ1) is 13.6. The van der Waals surface area contributed by atoms with E-state index < -0.39 is 0 Å². The lowest BCUT2D eigenvalue weighted by atomic mass is 9.99. The number of rotatable bonds is 5. The second kappa shape index (κ2) is 7.98. The normalized spacial score (nSPS) is 13.1. The second-order valence-electron chi connectivity index (χ2n) is 6.81. The largest absolute Gasteiger partial charge is 0.497 e. The van der Waals surface area contributed by atoms with E-state index in [-0.39, 0.29) is 5.91 Å². The van der Waals surface area contributed by atoms with Crippen LogP contribution in [0.4, 0.5) is 10.9 Å². The molecule has 0 saturated heterocycles. The average molecular weight is 395 g/mol. The van der Waals surface area contributed by atoms with Crippen molar-refractivity contribution in [3.05, 3.63) is 64.3 Å². The van der Waals surface area contributed by atoms with Gasteiger partial charge in [-0.1, -0.05) is 12.1 Å². The summed E-state index contributed by atoms with van der Waals surface area (Å²) < 4.78 is 5.29. The van der Waals surface area contributed by atoms with Crippen molar-refractivity contribution in [3.63, 3.8) is 0 Å². The second-order valence-corrected chi connectivity index (χ2v) is 7.67. The molecular formula is C21H22N4O2S. The highest BCUT2D eigenvalue weighted by atomic mass is 32.1. The Kier molecular flexibility index (Phi) is 5.25. The number of aryl methyl sites for hydroxylation is 1. The molecule has 2 aromatic heterocycles. The van der Waals surface area contributed by atoms with E-state index in [2.05, 4.69) is 21.4 Å². The summed E-state index contributed by atoms with van der Waals surface area (Å²) in [5.74, 6) is 1.73. The van der Waals surface area contributed by atoms with Crippen molar-refractivity contribution in [2.24, 2.45) is 0 Å². The summed E-state index contributed by atoms with van der Waals surface area (Å²) in [5.41, 5.74) is 4.17. The van der Waals surface area contributed by atoms with Crippen LogP contribution in [0.5, 0.6) is 5.75 Å². The first kappa shape index (κ1) is 18.4. The molecule has 7 heteroatoms. The number of amides is 1. The molecule has 0 spiro atoms. The topological polar surface area (TPSA) is 67.3 Å². The molecule has 3 heterocycles. The van der Waals surface area contributed by atoms with E-state index in [1.54, 1.807) is 7.11 Å². The van der Waals surface area contributed by atoms with Gasteiger partial charge in [0.1, 0.15) is 11.6 Å². The maximum atomic E-state index is 12.7. The zero-order chi connectivity index (χ0) is 19.5. The van der Waals surface area contributed by atoms with Gasteiger partial charge in [-0.2, -0.15) is 0 Å². The minimum atomic E-state index is 0.104. The highest BCUT2D eigenvalue weighted by Gasteiger charge is 2.22. The van der Waals surface area contributed by atoms with E-state index in [1.807, 2.05) is 47.5 Å². The molecule has 0 unspecified atom stereocenters. The Labute approximate surface area is 168 Å². The van der Waals surface area contributed by atoms with Crippen LogP contribution >= 0.6 is 11.3 Å². The van der Waals surface area contributed by atoms with Gasteiger partial charge in [0.2, 0.25) is 5.91 Å². The van der Waals surface area contributed by atoms with Gasteiger partial charge in [-0.15, -0.1) is 11.3 Å². The third-order valence-corrected chi connectivity index (χ3v) is 5.59. The van der Waals surface area contributed by atoms with Gasteiger partial charge in [0.05, 0.1) is 19.2 Å². The van der Waals surface area contributed by atoms with Crippen molar-refractivity contribution in [3.8, 4) is 5.75 Å². The fraction of sp³-hybridized carbons (Fsp3) is 0.286. The molecule has 3 aromatic rings. The number of benzene rings is 1. The van der Waals surface area contributed by atoms with Crippen LogP contribution in [0.3, 0.4) is 0 Å². The Morgan fingerprint density at radius 1 is 1.25 bits per heavy atom. The molecule has 144 valence electrons. The van der Waals surface area contributed by atoms with Crippen molar-refractivity contribution in [2.75, 3.05) is 19.0 Å². The minimum absolute atomic E-state index is 0.104. The number of ether oxygens (including phenoxy) is 1. The van der Waals surface area contributed by atoms with Crippen molar-refractivity contribution in [1.82, 2.24) is 14.9 Å². The number of nitrogens with one attached hydrogen (secondary N) is 1. The summed E-state index contributed by atoms with van der Waals surface area (Å²) in [6, 6.07) is 11.9. The molecular weight excluding hydrogens is 372 g/mol. The molecule has 1 amide bonds. The Morgan fingerprint density at radius 2 is 2.14 bits per heavy atom. The third kappa shape index (κ3) is 4.14. The number of nitrogens with zero attached hydrogens (tertiary/aromatic N) is 3. The summed E-state index contributed by atoms with van der Waals surface area (Å²) in [4.78, 5) is 23.6. The van der Waals surface area contributed by atoms with Crippen LogP contribution in [0.25, 0.3) is 0 Å². The van der Waals surface area contributed by atoms with E-state index in [9.17, 15) is 4.79 Å². The van der Waals surface area contributed by atoms with Crippen LogP contribution in [0.15, 0.2) is 41.8 Å². The summed E-state index contributed by atoms with van der Waals surface area (Å²) in [5, 5.41) is 5.88. The molecule has 4 rings (SSSR count). The van der Waals surface area contributed by atoms with Crippen molar-refractivity contribution in [1.29, 1.82) is 0 Å². The van der Waals surface area contributed by atoms with Crippen LogP contribution in [0.2, 0.25) is 0 Å². The zero-order valence-corrected chi connectivity index (χ0v) is 16.8. The standard InChI is InChI=1S/C21H22N4O2S/c1-14-4-3-5-19(22-14)24-21-23-17(13-28-21)11-20(26)25-9-8-15-10-18(27-2)7-6-16(15)12-25/h3-7,10,13H,8-9,11-12H2,1-2H3,(H,22,23,24). The van der Waals surface area contributed by atoms with E-state index in [0.717, 1.165) is 41.1 Å². The molecule has 6 nitrogen and oxygen atoms in total. The number of hydrogen-bond acceptors (Lipinski definition) is 6. The number of thiazole rings is 1. The summed E-state index contributed by atoms with van der Waals surface area (Å²) in [6.07, 6.45) is 1.16. The number of methoxy groups -OCH3 is 1. The SMILES string of the molecule is COc1ccc2c(c1)CCN(C(=O)Cc1csc(Nc3cccc(C)n3)n1)C2. The molecule has 28 heavy (non-hydrogen) atoms. The lowest BCUT2D eigenvalue weighted by Crippen LogP contribution is -2.36. The van der Waals surface area contributed by atoms with Gasteiger partial charge < -0.3 is 15.0 Å². The quantitative estimate of drug-likeness (QED) is 0.714. The van der Waals surface area contributed by atoms with E-state index in [4.69, 9.17) is 4.74 Å². The van der Waals surface area contributed by atoms with Gasteiger partial charge >= 0.3 is 0 Å². The summed E-state index contributed by atoms with van der Waals surface area (Å²) in [6.45, 7) is 3.31. The average Bonchev–Trinajstić information content (AvgIpc) is 3.13. The molecule has 1 aromatic carbocycles. The number of pyridine rings is 1. The number of fused-ring (bicyclic) bond motifs is 1. The monoisotopic (exact) mass is 394 g/mol. The van der Waals surface area contributed by atoms with Gasteiger partial charge in [0.15, 0.2) is 5.13 Å². The zero-order valence-electron chi connectivity index (χ0n) is 15.9. The Hall–Kier alpha value is -2.93. The molecule has 0 saturated carbocycles. The maximum Gasteiger partial charge on any atom is 0.228 e. The van der Waals surface area contributed by atoms with Gasteiger partial charge in [0.25, 0.3) is 0 Å². The fourth-order valence-corrected chi connectivity index (χ4v) is 4.02. The van der Waals surface area contributed by atoms with E-state index >= 15 is 0 Å². The molecule has 1 aliphatic rings. The van der Waals surface area contributed by atoms with E-state index in [0.29, 0.717) is 13.0 Å². The van der Waals surface area contributed by atoms with Gasteiger partial charge in [-0.25, -0.2) is 9.97 Å². The lowest BCUT2D eigenvalue weighted by molar-refractivity contribution is -0.131. The number of anilines is 2. The lowest BCUT2D eigenvalue weighted by Gasteiger charge is -2.29. The molecule has 0 atom stereocenters. The minimum Gasteiger partial charge on any atom is -0.497 e. The number of carbonyl (C=O) groups excluding carboxylic acids is 1. The van der Waals surface area contributed by atoms with Crippen LogP contribution in [-0.2, 0) is 24.2 Å². The third-order valence-electron chi connectivity index (χ3n) is 4.79. The smallest absolute Gasteiger partial charge is 0.228 e. The van der Waals surface area contributed by atoms with Gasteiger partial charge in [0, 0.05) is 24.2 Å². The van der Waals surface area contributed by atoms with Crippen molar-refractivity contribution in [2.45, 2.75) is 26.3 Å².